The van der Waals surface area contributed by atoms with Gasteiger partial charge in [0.25, 0.3) is 0 Å². The summed E-state index contributed by atoms with van der Waals surface area (Å²) in [6, 6.07) is 26.4. The molecule has 0 saturated carbocycles. The second kappa shape index (κ2) is 13.4. The molecule has 0 bridgehead atoms. The Bertz CT molecular complexity index is 1560. The van der Waals surface area contributed by atoms with Crippen LogP contribution in [0.25, 0.3) is 0 Å². The number of hydrogen-bond acceptors (Lipinski definition) is 9. The Labute approximate surface area is 254 Å². The van der Waals surface area contributed by atoms with Crippen LogP contribution in [0, 0.1) is 0 Å². The number of aromatic nitrogens is 2. The normalized spacial score (nSPS) is 19.8. The Balaban J connectivity index is 1.53. The van der Waals surface area contributed by atoms with Crippen molar-refractivity contribution in [2.24, 2.45) is 0 Å². The molecule has 11 heteroatoms. The number of methoxy groups -OCH3 is 3. The van der Waals surface area contributed by atoms with E-state index >= 15 is 0 Å². The van der Waals surface area contributed by atoms with E-state index in [0.29, 0.717) is 11.5 Å². The van der Waals surface area contributed by atoms with Crippen LogP contribution in [-0.4, -0.2) is 66.8 Å². The summed E-state index contributed by atoms with van der Waals surface area (Å²) in [5, 5.41) is 13.8. The largest absolute Gasteiger partial charge is 0.497 e. The van der Waals surface area contributed by atoms with Crippen LogP contribution in [0.15, 0.2) is 95.9 Å². The predicted octanol–water partition coefficient (Wildman–Crippen LogP) is 3.50. The van der Waals surface area contributed by atoms with E-state index in [4.69, 9.17) is 23.7 Å². The fraction of sp³-hybridized carbons (Fsp3) is 0.303. The fourth-order valence-corrected chi connectivity index (χ4v) is 5.47. The van der Waals surface area contributed by atoms with Crippen molar-refractivity contribution in [3.05, 3.63) is 118 Å². The third-order valence-corrected chi connectivity index (χ3v) is 7.63. The molecule has 3 aromatic carbocycles. The van der Waals surface area contributed by atoms with E-state index in [1.807, 2.05) is 78.9 Å². The number of nitrogens with zero attached hydrogens (tertiary/aromatic N) is 2. The summed E-state index contributed by atoms with van der Waals surface area (Å²) >= 11 is 0. The van der Waals surface area contributed by atoms with E-state index in [0.717, 1.165) is 16.7 Å². The minimum Gasteiger partial charge on any atom is -0.497 e. The Morgan fingerprint density at radius 2 is 1.48 bits per heavy atom. The second-order valence-corrected chi connectivity index (χ2v) is 10.3. The summed E-state index contributed by atoms with van der Waals surface area (Å²) < 4.78 is 30.8. The quantitative estimate of drug-likeness (QED) is 0.248. The lowest BCUT2D eigenvalue weighted by molar-refractivity contribution is -0.114. The van der Waals surface area contributed by atoms with E-state index < -0.39 is 35.8 Å². The first kappa shape index (κ1) is 30.9. The predicted molar refractivity (Wildman–Crippen MR) is 162 cm³/mol. The van der Waals surface area contributed by atoms with Gasteiger partial charge >= 0.3 is 5.69 Å². The smallest absolute Gasteiger partial charge is 0.351 e. The van der Waals surface area contributed by atoms with Gasteiger partial charge in [-0.2, -0.15) is 4.98 Å². The van der Waals surface area contributed by atoms with Crippen LogP contribution in [0.3, 0.4) is 0 Å². The van der Waals surface area contributed by atoms with Crippen LogP contribution < -0.4 is 20.5 Å². The van der Waals surface area contributed by atoms with Crippen molar-refractivity contribution < 1.29 is 33.6 Å². The Morgan fingerprint density at radius 3 is 1.98 bits per heavy atom. The van der Waals surface area contributed by atoms with Gasteiger partial charge in [-0.1, -0.05) is 54.6 Å². The zero-order valence-corrected chi connectivity index (χ0v) is 24.9. The minimum absolute atomic E-state index is 0.0728. The highest BCUT2D eigenvalue weighted by Gasteiger charge is 2.47. The van der Waals surface area contributed by atoms with Gasteiger partial charge in [0.1, 0.15) is 41.2 Å². The molecule has 230 valence electrons. The number of benzene rings is 3. The number of ether oxygens (including phenoxy) is 5. The van der Waals surface area contributed by atoms with Crippen molar-refractivity contribution in [2.45, 2.75) is 37.1 Å². The minimum atomic E-state index is -1.15. The molecule has 0 spiro atoms. The summed E-state index contributed by atoms with van der Waals surface area (Å²) in [5.41, 5.74) is 0.665. The first-order chi connectivity index (χ1) is 21.3. The first-order valence-electron chi connectivity index (χ1n) is 14.0. The number of rotatable bonds is 11. The van der Waals surface area contributed by atoms with Gasteiger partial charge in [-0.25, -0.2) is 4.79 Å². The van der Waals surface area contributed by atoms with Gasteiger partial charge < -0.3 is 34.1 Å². The average molecular weight is 602 g/mol. The number of hydrogen-bond donors (Lipinski definition) is 2. The summed E-state index contributed by atoms with van der Waals surface area (Å²) in [5.74, 6) is 1.13. The number of amides is 1. The third-order valence-electron chi connectivity index (χ3n) is 7.63. The van der Waals surface area contributed by atoms with E-state index in [9.17, 15) is 14.7 Å². The highest BCUT2D eigenvalue weighted by atomic mass is 16.6. The maximum absolute atomic E-state index is 12.9. The maximum atomic E-state index is 12.9. The van der Waals surface area contributed by atoms with E-state index in [1.165, 1.54) is 30.9 Å². The Hall–Kier alpha value is -4.55. The van der Waals surface area contributed by atoms with Crippen LogP contribution in [0.5, 0.6) is 11.5 Å². The number of anilines is 1. The highest BCUT2D eigenvalue weighted by Crippen LogP contribution is 2.43. The van der Waals surface area contributed by atoms with E-state index in [1.54, 1.807) is 14.2 Å². The highest BCUT2D eigenvalue weighted by molar-refractivity contribution is 5.87. The van der Waals surface area contributed by atoms with Crippen LogP contribution in [-0.2, 0) is 24.6 Å². The summed E-state index contributed by atoms with van der Waals surface area (Å²) in [6.07, 6.45) is -2.49. The Morgan fingerprint density at radius 1 is 0.909 bits per heavy atom. The number of carbonyl (C=O) groups excluding carboxylic acids is 1. The number of carbonyl (C=O) groups is 1. The average Bonchev–Trinajstić information content (AvgIpc) is 3.36. The van der Waals surface area contributed by atoms with Gasteiger partial charge in [0.15, 0.2) is 6.23 Å². The number of nitrogens with one attached hydrogen (secondary N) is 1. The fourth-order valence-electron chi connectivity index (χ4n) is 5.47. The maximum Gasteiger partial charge on any atom is 0.351 e. The lowest BCUT2D eigenvalue weighted by Gasteiger charge is -2.37. The van der Waals surface area contributed by atoms with Gasteiger partial charge in [-0.3, -0.25) is 9.36 Å². The molecule has 11 nitrogen and oxygen atoms in total. The van der Waals surface area contributed by atoms with Crippen molar-refractivity contribution in [1.82, 2.24) is 9.55 Å². The van der Waals surface area contributed by atoms with Crippen molar-refractivity contribution >= 4 is 11.7 Å². The van der Waals surface area contributed by atoms with Crippen molar-refractivity contribution in [3.8, 4) is 11.5 Å². The van der Waals surface area contributed by atoms with Gasteiger partial charge in [-0.15, -0.1) is 0 Å². The molecule has 1 saturated heterocycles. The molecule has 2 N–H and O–H groups in total. The summed E-state index contributed by atoms with van der Waals surface area (Å²) in [7, 11) is 4.64. The van der Waals surface area contributed by atoms with Crippen molar-refractivity contribution in [3.63, 3.8) is 0 Å². The molecule has 4 unspecified atom stereocenters. The third kappa shape index (κ3) is 6.08. The number of aliphatic hydroxyl groups excluding tert-OH is 1. The van der Waals surface area contributed by atoms with Crippen LogP contribution in [0.2, 0.25) is 0 Å². The molecule has 1 fully saturated rings. The molecule has 1 amide bonds. The van der Waals surface area contributed by atoms with E-state index in [2.05, 4.69) is 10.3 Å². The summed E-state index contributed by atoms with van der Waals surface area (Å²) in [6.45, 7) is 1.25. The number of aliphatic hydroxyl groups is 1. The molecule has 0 aliphatic carbocycles. The molecule has 2 heterocycles. The van der Waals surface area contributed by atoms with Crippen LogP contribution in [0.4, 0.5) is 5.82 Å². The van der Waals surface area contributed by atoms with Crippen LogP contribution in [0.1, 0.15) is 29.8 Å². The monoisotopic (exact) mass is 601 g/mol. The first-order valence-corrected chi connectivity index (χ1v) is 14.0. The van der Waals surface area contributed by atoms with Gasteiger partial charge in [-0.05, 0) is 47.0 Å². The second-order valence-electron chi connectivity index (χ2n) is 10.3. The lowest BCUT2D eigenvalue weighted by Crippen LogP contribution is -2.40. The molecule has 5 rings (SSSR count). The molecule has 1 aromatic heterocycles. The van der Waals surface area contributed by atoms with Crippen LogP contribution >= 0.6 is 0 Å². The van der Waals surface area contributed by atoms with Gasteiger partial charge in [0.05, 0.1) is 20.8 Å². The SMILES string of the molecule is COc1ccc(C(OCC2OC(n3ccc(NC(C)=O)nc3=O)C(OC)C2O)(c2ccccc2)c2ccc(OC)cc2)cc1. The lowest BCUT2D eigenvalue weighted by atomic mass is 9.80. The molecular formula is C33H35N3O8. The molecule has 1 aliphatic rings. The van der Waals surface area contributed by atoms with Crippen molar-refractivity contribution in [2.75, 3.05) is 33.3 Å². The molecule has 4 aromatic rings. The standard InChI is InChI=1S/C33H35N3O8/c1-21(37)34-28-18-19-36(32(39)35-28)31-30(42-4)29(38)27(44-31)20-43-33(22-8-6-5-7-9-22,23-10-14-25(40-2)15-11-23)24-12-16-26(41-3)17-13-24/h5-19,27,29-31,38H,20H2,1-4H3,(H,34,35,37,39). The van der Waals surface area contributed by atoms with Gasteiger partial charge in [0, 0.05) is 20.2 Å². The zero-order chi connectivity index (χ0) is 31.3. The van der Waals surface area contributed by atoms with E-state index in [-0.39, 0.29) is 18.3 Å². The molecular weight excluding hydrogens is 566 g/mol. The molecule has 4 atom stereocenters. The topological polar surface area (TPSA) is 130 Å². The Kier molecular flexibility index (Phi) is 9.40. The molecule has 0 radical (unpaired) electrons. The molecule has 1 aliphatic heterocycles. The summed E-state index contributed by atoms with van der Waals surface area (Å²) in [4.78, 5) is 28.2. The van der Waals surface area contributed by atoms with Crippen molar-refractivity contribution in [1.29, 1.82) is 0 Å². The van der Waals surface area contributed by atoms with Gasteiger partial charge in [0.2, 0.25) is 5.91 Å². The molecule has 44 heavy (non-hydrogen) atoms. The zero-order valence-electron chi connectivity index (χ0n) is 24.9.